The van der Waals surface area contributed by atoms with Crippen molar-refractivity contribution in [2.45, 2.75) is 46.5 Å². The van der Waals surface area contributed by atoms with Crippen LogP contribution in [0.25, 0.3) is 11.1 Å². The number of hydrogen-bond donors (Lipinski definition) is 1. The molecule has 0 unspecified atom stereocenters. The summed E-state index contributed by atoms with van der Waals surface area (Å²) in [6.07, 6.45) is 2.11. The molecule has 0 saturated carbocycles. The number of phenolic OH excluding ortho intramolecular Hbond substituents is 1. The van der Waals surface area contributed by atoms with Crippen LogP contribution in [-0.4, -0.2) is 36.7 Å². The third-order valence-electron chi connectivity index (χ3n) is 5.81. The maximum absolute atomic E-state index is 11.9. The fourth-order valence-corrected chi connectivity index (χ4v) is 3.93. The van der Waals surface area contributed by atoms with Crippen molar-refractivity contribution in [2.75, 3.05) is 19.8 Å². The first-order valence-corrected chi connectivity index (χ1v) is 12.4. The lowest BCUT2D eigenvalue weighted by Crippen LogP contribution is -2.09. The second-order valence-corrected chi connectivity index (χ2v) is 8.43. The van der Waals surface area contributed by atoms with E-state index in [0.29, 0.717) is 50.4 Å². The van der Waals surface area contributed by atoms with Gasteiger partial charge in [-0.25, -0.2) is 0 Å². The Kier molecular flexibility index (Phi) is 9.92. The molecular weight excluding hydrogens is 456 g/mol. The van der Waals surface area contributed by atoms with Crippen LogP contribution in [-0.2, 0) is 22.4 Å². The molecule has 0 aliphatic rings. The van der Waals surface area contributed by atoms with Gasteiger partial charge >= 0.3 is 5.97 Å². The Bertz CT molecular complexity index is 1170. The van der Waals surface area contributed by atoms with Crippen molar-refractivity contribution in [1.29, 1.82) is 0 Å². The van der Waals surface area contributed by atoms with E-state index in [9.17, 15) is 14.7 Å². The number of Topliss-reactive ketones (excluding diaryl/α,β-unsaturated/α-hetero) is 1. The lowest BCUT2D eigenvalue weighted by atomic mass is 10.00. The molecule has 36 heavy (non-hydrogen) atoms. The monoisotopic (exact) mass is 490 g/mol. The van der Waals surface area contributed by atoms with E-state index in [0.717, 1.165) is 28.0 Å². The Labute approximate surface area is 212 Å². The van der Waals surface area contributed by atoms with Crippen LogP contribution >= 0.6 is 0 Å². The first kappa shape index (κ1) is 26.8. The number of carbonyl (C=O) groups excluding carboxylic acids is 2. The van der Waals surface area contributed by atoms with Crippen LogP contribution in [0.1, 0.15) is 55.1 Å². The zero-order valence-electron chi connectivity index (χ0n) is 21.2. The molecule has 0 heterocycles. The molecule has 0 aliphatic heterocycles. The molecule has 3 aromatic carbocycles. The van der Waals surface area contributed by atoms with Gasteiger partial charge in [0.2, 0.25) is 0 Å². The number of benzene rings is 3. The summed E-state index contributed by atoms with van der Waals surface area (Å²) in [5.74, 6) is 0.821. The summed E-state index contributed by atoms with van der Waals surface area (Å²) in [5, 5.41) is 10.1. The predicted molar refractivity (Wildman–Crippen MR) is 140 cm³/mol. The molecule has 6 heteroatoms. The number of hydrogen-bond acceptors (Lipinski definition) is 6. The van der Waals surface area contributed by atoms with E-state index in [4.69, 9.17) is 14.2 Å². The molecular formula is C30H34O6. The largest absolute Gasteiger partial charge is 0.507 e. The summed E-state index contributed by atoms with van der Waals surface area (Å²) in [6.45, 7) is 6.39. The molecule has 0 aromatic heterocycles. The number of ether oxygens (including phenoxy) is 3. The Balaban J connectivity index is 1.63. The number of esters is 1. The maximum atomic E-state index is 11.9. The lowest BCUT2D eigenvalue weighted by Gasteiger charge is -2.15. The molecule has 3 aromatic rings. The van der Waals surface area contributed by atoms with E-state index in [-0.39, 0.29) is 23.9 Å². The minimum Gasteiger partial charge on any atom is -0.507 e. The van der Waals surface area contributed by atoms with Crippen molar-refractivity contribution in [3.05, 3.63) is 77.4 Å². The third-order valence-corrected chi connectivity index (χ3v) is 5.81. The fraction of sp³-hybridized carbons (Fsp3) is 0.333. The van der Waals surface area contributed by atoms with Gasteiger partial charge in [-0.1, -0.05) is 43.3 Å². The highest BCUT2D eigenvalue weighted by molar-refractivity contribution is 5.97. The van der Waals surface area contributed by atoms with Crippen molar-refractivity contribution in [3.63, 3.8) is 0 Å². The van der Waals surface area contributed by atoms with Crippen molar-refractivity contribution < 1.29 is 28.9 Å². The zero-order valence-corrected chi connectivity index (χ0v) is 21.2. The molecule has 3 rings (SSSR count). The van der Waals surface area contributed by atoms with E-state index < -0.39 is 0 Å². The van der Waals surface area contributed by atoms with Gasteiger partial charge in [0.1, 0.15) is 17.2 Å². The van der Waals surface area contributed by atoms with E-state index in [1.807, 2.05) is 49.4 Å². The van der Waals surface area contributed by atoms with Crippen LogP contribution in [0.5, 0.6) is 17.2 Å². The molecule has 1 N–H and O–H groups in total. The van der Waals surface area contributed by atoms with Crippen LogP contribution < -0.4 is 9.47 Å². The highest BCUT2D eigenvalue weighted by Crippen LogP contribution is 2.30. The highest BCUT2D eigenvalue weighted by atomic mass is 16.5. The van der Waals surface area contributed by atoms with Gasteiger partial charge in [-0.3, -0.25) is 9.59 Å². The van der Waals surface area contributed by atoms with Crippen LogP contribution in [0.15, 0.2) is 60.7 Å². The summed E-state index contributed by atoms with van der Waals surface area (Å²) >= 11 is 0. The molecule has 0 saturated heterocycles. The van der Waals surface area contributed by atoms with Gasteiger partial charge in [0.25, 0.3) is 0 Å². The first-order valence-electron chi connectivity index (χ1n) is 12.4. The Morgan fingerprint density at radius 2 is 1.56 bits per heavy atom. The van der Waals surface area contributed by atoms with Crippen molar-refractivity contribution in [1.82, 2.24) is 0 Å². The average Bonchev–Trinajstić information content (AvgIpc) is 2.88. The van der Waals surface area contributed by atoms with Gasteiger partial charge in [-0.2, -0.15) is 0 Å². The van der Waals surface area contributed by atoms with E-state index in [1.54, 1.807) is 13.0 Å². The van der Waals surface area contributed by atoms with Gasteiger partial charge < -0.3 is 19.3 Å². The summed E-state index contributed by atoms with van der Waals surface area (Å²) in [5.41, 5.74) is 4.28. The summed E-state index contributed by atoms with van der Waals surface area (Å²) in [7, 11) is 0. The van der Waals surface area contributed by atoms with Crippen LogP contribution in [0.4, 0.5) is 0 Å². The quantitative estimate of drug-likeness (QED) is 0.175. The molecule has 190 valence electrons. The molecule has 0 atom stereocenters. The van der Waals surface area contributed by atoms with Crippen LogP contribution in [0.2, 0.25) is 0 Å². The SMILES string of the molecule is CCOC(=O)CCc1cc(-c2ccccc2)ccc1OCCCOc1cc(O)c(C(C)=O)cc1CC. The molecule has 0 radical (unpaired) electrons. The standard InChI is InChI=1S/C30H34O6/c1-4-22-19-26(21(3)31)27(32)20-29(22)36-17-9-16-35-28-14-12-24(23-10-7-6-8-11-23)18-25(28)13-15-30(33)34-5-2/h6-8,10-12,14,18-20,32H,4-5,9,13,15-17H2,1-3H3. The second-order valence-electron chi connectivity index (χ2n) is 8.43. The molecule has 0 amide bonds. The molecule has 0 fully saturated rings. The summed E-state index contributed by atoms with van der Waals surface area (Å²) in [6, 6.07) is 19.3. The van der Waals surface area contributed by atoms with E-state index in [2.05, 4.69) is 6.07 Å². The molecule has 0 bridgehead atoms. The van der Waals surface area contributed by atoms with Crippen molar-refractivity contribution in [3.8, 4) is 28.4 Å². The number of ketones is 1. The number of rotatable bonds is 13. The molecule has 0 aliphatic carbocycles. The number of aromatic hydroxyl groups is 1. The van der Waals surface area contributed by atoms with Gasteiger partial charge in [0.15, 0.2) is 5.78 Å². The van der Waals surface area contributed by atoms with E-state index in [1.165, 1.54) is 13.0 Å². The highest BCUT2D eigenvalue weighted by Gasteiger charge is 2.13. The van der Waals surface area contributed by atoms with Crippen LogP contribution in [0.3, 0.4) is 0 Å². The number of phenols is 1. The van der Waals surface area contributed by atoms with Crippen LogP contribution in [0, 0.1) is 0 Å². The zero-order chi connectivity index (χ0) is 25.9. The first-order chi connectivity index (χ1) is 17.4. The van der Waals surface area contributed by atoms with Crippen molar-refractivity contribution in [2.24, 2.45) is 0 Å². The summed E-state index contributed by atoms with van der Waals surface area (Å²) < 4.78 is 17.0. The molecule has 6 nitrogen and oxygen atoms in total. The topological polar surface area (TPSA) is 82.1 Å². The predicted octanol–water partition coefficient (Wildman–Crippen LogP) is 6.17. The van der Waals surface area contributed by atoms with Gasteiger partial charge in [-0.05, 0) is 67.1 Å². The van der Waals surface area contributed by atoms with Gasteiger partial charge in [0, 0.05) is 18.9 Å². The smallest absolute Gasteiger partial charge is 0.306 e. The second kappa shape index (κ2) is 13.3. The maximum Gasteiger partial charge on any atom is 0.306 e. The third kappa shape index (κ3) is 7.35. The fourth-order valence-electron chi connectivity index (χ4n) is 3.93. The Morgan fingerprint density at radius 3 is 2.22 bits per heavy atom. The average molecular weight is 491 g/mol. The Morgan fingerprint density at radius 1 is 0.833 bits per heavy atom. The normalized spacial score (nSPS) is 10.6. The molecule has 0 spiro atoms. The number of carbonyl (C=O) groups is 2. The van der Waals surface area contributed by atoms with Gasteiger partial charge in [0.05, 0.1) is 25.4 Å². The van der Waals surface area contributed by atoms with Crippen molar-refractivity contribution >= 4 is 11.8 Å². The minimum atomic E-state index is -0.229. The number of aryl methyl sites for hydroxylation is 2. The minimum absolute atomic E-state index is 0.0734. The summed E-state index contributed by atoms with van der Waals surface area (Å²) in [4.78, 5) is 23.6. The lowest BCUT2D eigenvalue weighted by molar-refractivity contribution is -0.143. The van der Waals surface area contributed by atoms with Gasteiger partial charge in [-0.15, -0.1) is 0 Å². The Hall–Kier alpha value is -3.80. The van der Waals surface area contributed by atoms with E-state index >= 15 is 0 Å².